The fourth-order valence-electron chi connectivity index (χ4n) is 1.72. The number of rotatable bonds is 8. The second-order valence-electron chi connectivity index (χ2n) is 5.93. The van der Waals surface area contributed by atoms with E-state index in [2.05, 4.69) is 5.32 Å². The molecular formula is C13H26N2O3S. The van der Waals surface area contributed by atoms with Crippen molar-refractivity contribution in [3.05, 3.63) is 0 Å². The molecule has 1 unspecified atom stereocenters. The van der Waals surface area contributed by atoms with Crippen molar-refractivity contribution in [1.82, 2.24) is 5.32 Å². The quantitative estimate of drug-likeness (QED) is 0.627. The van der Waals surface area contributed by atoms with Crippen LogP contribution in [0.5, 0.6) is 0 Å². The van der Waals surface area contributed by atoms with Crippen LogP contribution in [0.3, 0.4) is 0 Å². The highest BCUT2D eigenvalue weighted by molar-refractivity contribution is 7.98. The summed E-state index contributed by atoms with van der Waals surface area (Å²) in [4.78, 5) is 22.8. The summed E-state index contributed by atoms with van der Waals surface area (Å²) in [6, 6.07) is -0.559. The number of hydrogen-bond donors (Lipinski definition) is 3. The first-order valence-electron chi connectivity index (χ1n) is 6.42. The van der Waals surface area contributed by atoms with E-state index in [4.69, 9.17) is 10.8 Å². The molecule has 0 aromatic rings. The topological polar surface area (TPSA) is 92.4 Å². The molecule has 0 fully saturated rings. The van der Waals surface area contributed by atoms with Crippen LogP contribution in [-0.2, 0) is 9.59 Å². The number of hydrogen-bond acceptors (Lipinski definition) is 4. The average molecular weight is 290 g/mol. The molecule has 0 aromatic heterocycles. The van der Waals surface area contributed by atoms with Gasteiger partial charge in [-0.3, -0.25) is 9.59 Å². The van der Waals surface area contributed by atoms with E-state index in [1.165, 1.54) is 0 Å². The van der Waals surface area contributed by atoms with E-state index in [0.29, 0.717) is 12.8 Å². The standard InChI is InChI=1S/C13H26N2O3S/c1-13(2,3)7-9(12(17)18)8-15-11(16)10(14)5-6-19-4/h9-10H,5-8,14H2,1-4H3,(H,15,16)(H,17,18)/t9?,10-/m0/s1. The zero-order valence-corrected chi connectivity index (χ0v) is 13.0. The Bertz CT molecular complexity index is 303. The summed E-state index contributed by atoms with van der Waals surface area (Å²) in [5, 5.41) is 11.8. The summed E-state index contributed by atoms with van der Waals surface area (Å²) in [5.41, 5.74) is 5.63. The second-order valence-corrected chi connectivity index (χ2v) is 6.92. The number of carbonyl (C=O) groups is 2. The zero-order valence-electron chi connectivity index (χ0n) is 12.2. The Labute approximate surface area is 119 Å². The van der Waals surface area contributed by atoms with Crippen LogP contribution in [0, 0.1) is 11.3 Å². The molecule has 0 aliphatic heterocycles. The molecule has 6 heteroatoms. The fourth-order valence-corrected chi connectivity index (χ4v) is 2.21. The first kappa shape index (κ1) is 18.2. The Morgan fingerprint density at radius 1 is 1.37 bits per heavy atom. The maximum atomic E-state index is 11.7. The Balaban J connectivity index is 4.25. The van der Waals surface area contributed by atoms with E-state index in [9.17, 15) is 9.59 Å². The van der Waals surface area contributed by atoms with Crippen LogP contribution in [0.25, 0.3) is 0 Å². The number of carbonyl (C=O) groups excluding carboxylic acids is 1. The Morgan fingerprint density at radius 3 is 2.37 bits per heavy atom. The number of amides is 1. The summed E-state index contributed by atoms with van der Waals surface area (Å²) in [5.74, 6) is -0.905. The van der Waals surface area contributed by atoms with Crippen molar-refractivity contribution in [3.8, 4) is 0 Å². The van der Waals surface area contributed by atoms with Gasteiger partial charge in [0.15, 0.2) is 0 Å². The summed E-state index contributed by atoms with van der Waals surface area (Å²) in [6.07, 6.45) is 3.07. The fraction of sp³-hybridized carbons (Fsp3) is 0.846. The number of carboxylic acids is 1. The summed E-state index contributed by atoms with van der Waals surface area (Å²) >= 11 is 1.63. The third kappa shape index (κ3) is 8.88. The average Bonchev–Trinajstić information content (AvgIpc) is 2.29. The van der Waals surface area contributed by atoms with Crippen molar-refractivity contribution in [3.63, 3.8) is 0 Å². The molecule has 1 amide bonds. The number of aliphatic carboxylic acids is 1. The lowest BCUT2D eigenvalue weighted by Crippen LogP contribution is -2.44. The summed E-state index contributed by atoms with van der Waals surface area (Å²) < 4.78 is 0. The van der Waals surface area contributed by atoms with Crippen LogP contribution in [0.4, 0.5) is 0 Å². The van der Waals surface area contributed by atoms with Crippen LogP contribution in [0.15, 0.2) is 0 Å². The normalized spacial score (nSPS) is 14.8. The van der Waals surface area contributed by atoms with Crippen LogP contribution in [-0.4, -0.2) is 41.6 Å². The Kier molecular flexibility index (Phi) is 8.09. The maximum absolute atomic E-state index is 11.7. The Morgan fingerprint density at radius 2 is 1.95 bits per heavy atom. The summed E-state index contributed by atoms with van der Waals surface area (Å²) in [6.45, 7) is 6.08. The largest absolute Gasteiger partial charge is 0.481 e. The molecule has 5 nitrogen and oxygen atoms in total. The zero-order chi connectivity index (χ0) is 15.1. The molecule has 0 aliphatic carbocycles. The molecule has 0 heterocycles. The predicted octanol–water partition coefficient (Wildman–Crippen LogP) is 1.32. The first-order chi connectivity index (χ1) is 8.67. The molecule has 112 valence electrons. The highest BCUT2D eigenvalue weighted by Gasteiger charge is 2.25. The first-order valence-corrected chi connectivity index (χ1v) is 7.82. The van der Waals surface area contributed by atoms with Gasteiger partial charge in [0.2, 0.25) is 5.91 Å². The van der Waals surface area contributed by atoms with Crippen LogP contribution >= 0.6 is 11.8 Å². The number of nitrogens with two attached hydrogens (primary N) is 1. The van der Waals surface area contributed by atoms with Crippen LogP contribution < -0.4 is 11.1 Å². The Hall–Kier alpha value is -0.750. The molecule has 0 saturated heterocycles. The highest BCUT2D eigenvalue weighted by atomic mass is 32.2. The molecule has 0 saturated carbocycles. The van der Waals surface area contributed by atoms with Crippen molar-refractivity contribution in [2.45, 2.75) is 39.7 Å². The SMILES string of the molecule is CSCC[C@H](N)C(=O)NCC(CC(C)(C)C)C(=O)O. The van der Waals surface area contributed by atoms with Gasteiger partial charge in [0.05, 0.1) is 12.0 Å². The molecular weight excluding hydrogens is 264 g/mol. The van der Waals surface area contributed by atoms with E-state index >= 15 is 0 Å². The van der Waals surface area contributed by atoms with Crippen LogP contribution in [0.1, 0.15) is 33.6 Å². The molecule has 2 atom stereocenters. The lowest BCUT2D eigenvalue weighted by Gasteiger charge is -2.24. The lowest BCUT2D eigenvalue weighted by molar-refractivity contribution is -0.142. The molecule has 0 rings (SSSR count). The van der Waals surface area contributed by atoms with Crippen molar-refractivity contribution < 1.29 is 14.7 Å². The van der Waals surface area contributed by atoms with E-state index in [1.54, 1.807) is 11.8 Å². The molecule has 0 radical (unpaired) electrons. The van der Waals surface area contributed by atoms with Crippen LogP contribution in [0.2, 0.25) is 0 Å². The molecule has 19 heavy (non-hydrogen) atoms. The molecule has 0 aliphatic rings. The van der Waals surface area contributed by atoms with Crippen molar-refractivity contribution in [1.29, 1.82) is 0 Å². The summed E-state index contributed by atoms with van der Waals surface area (Å²) in [7, 11) is 0. The molecule has 0 spiro atoms. The van der Waals surface area contributed by atoms with Crippen molar-refractivity contribution >= 4 is 23.6 Å². The second kappa shape index (κ2) is 8.43. The number of nitrogens with one attached hydrogen (secondary N) is 1. The van der Waals surface area contributed by atoms with Gasteiger partial charge in [-0.25, -0.2) is 0 Å². The van der Waals surface area contributed by atoms with E-state index in [-0.39, 0.29) is 17.9 Å². The van der Waals surface area contributed by atoms with Gasteiger partial charge < -0.3 is 16.2 Å². The third-order valence-electron chi connectivity index (χ3n) is 2.70. The van der Waals surface area contributed by atoms with Crippen molar-refractivity contribution in [2.24, 2.45) is 17.1 Å². The smallest absolute Gasteiger partial charge is 0.308 e. The molecule has 4 N–H and O–H groups in total. The number of thioether (sulfide) groups is 1. The van der Waals surface area contributed by atoms with E-state index in [1.807, 2.05) is 27.0 Å². The van der Waals surface area contributed by atoms with E-state index in [0.717, 1.165) is 5.75 Å². The van der Waals surface area contributed by atoms with Gasteiger partial charge in [-0.15, -0.1) is 0 Å². The van der Waals surface area contributed by atoms with Gasteiger partial charge in [-0.05, 0) is 30.3 Å². The monoisotopic (exact) mass is 290 g/mol. The van der Waals surface area contributed by atoms with Gasteiger partial charge in [0.1, 0.15) is 0 Å². The van der Waals surface area contributed by atoms with Gasteiger partial charge in [-0.1, -0.05) is 20.8 Å². The minimum Gasteiger partial charge on any atom is -0.481 e. The van der Waals surface area contributed by atoms with Gasteiger partial charge >= 0.3 is 5.97 Å². The van der Waals surface area contributed by atoms with Crippen molar-refractivity contribution in [2.75, 3.05) is 18.6 Å². The molecule has 0 aromatic carbocycles. The maximum Gasteiger partial charge on any atom is 0.308 e. The van der Waals surface area contributed by atoms with Gasteiger partial charge in [0, 0.05) is 6.54 Å². The van der Waals surface area contributed by atoms with E-state index < -0.39 is 17.9 Å². The van der Waals surface area contributed by atoms with Gasteiger partial charge in [-0.2, -0.15) is 11.8 Å². The number of carboxylic acid groups (broad SMARTS) is 1. The van der Waals surface area contributed by atoms with Gasteiger partial charge in [0.25, 0.3) is 0 Å². The minimum atomic E-state index is -0.882. The highest BCUT2D eigenvalue weighted by Crippen LogP contribution is 2.24. The minimum absolute atomic E-state index is 0.0885. The molecule has 0 bridgehead atoms. The third-order valence-corrected chi connectivity index (χ3v) is 3.34. The lowest BCUT2D eigenvalue weighted by atomic mass is 9.84. The predicted molar refractivity (Wildman–Crippen MR) is 79.2 cm³/mol.